The number of carboxylic acid groups (broad SMARTS) is 1. The first-order valence-corrected chi connectivity index (χ1v) is 4.40. The number of carboxylic acids is 1. The van der Waals surface area contributed by atoms with Crippen LogP contribution in [-0.4, -0.2) is 17.0 Å². The molecule has 0 atom stereocenters. The number of rotatable bonds is 2. The Morgan fingerprint density at radius 1 is 1.54 bits per heavy atom. The average Bonchev–Trinajstić information content (AvgIpc) is 2.32. The van der Waals surface area contributed by atoms with E-state index in [1.165, 1.54) is 12.3 Å². The van der Waals surface area contributed by atoms with Crippen LogP contribution in [0, 0.1) is 6.92 Å². The summed E-state index contributed by atoms with van der Waals surface area (Å²) in [7, 11) is 0. The van der Waals surface area contributed by atoms with Gasteiger partial charge in [0, 0.05) is 17.9 Å². The first kappa shape index (κ1) is 9.73. The van der Waals surface area contributed by atoms with Gasteiger partial charge in [0.05, 0.1) is 0 Å². The largest absolute Gasteiger partial charge is 0.477 e. The van der Waals surface area contributed by atoms with E-state index in [1.807, 2.05) is 0 Å². The van der Waals surface area contributed by atoms with Crippen LogP contribution in [0.2, 0.25) is 0 Å². The molecule has 0 aliphatic carbocycles. The maximum atomic E-state index is 10.6. The van der Waals surface area contributed by atoms with Gasteiger partial charge in [-0.2, -0.15) is 0 Å². The molecule has 0 saturated carbocycles. The first-order chi connectivity index (χ1) is 6.02. The van der Waals surface area contributed by atoms with Crippen LogP contribution in [0.1, 0.15) is 22.2 Å². The molecule has 1 heterocycles. The normalized spacial score (nSPS) is 9.69. The smallest absolute Gasteiger partial charge is 0.346 e. The van der Waals surface area contributed by atoms with E-state index in [0.717, 1.165) is 11.3 Å². The molecule has 0 aliphatic heterocycles. The van der Waals surface area contributed by atoms with Crippen molar-refractivity contribution in [3.8, 4) is 5.75 Å². The zero-order valence-corrected chi connectivity index (χ0v) is 7.97. The summed E-state index contributed by atoms with van der Waals surface area (Å²) in [5.41, 5.74) is 0.493. The second-order valence-electron chi connectivity index (χ2n) is 2.45. The monoisotopic (exact) mass is 200 g/mol. The molecule has 0 aliphatic rings. The van der Waals surface area contributed by atoms with Gasteiger partial charge >= 0.3 is 11.9 Å². The van der Waals surface area contributed by atoms with Crippen LogP contribution in [0.15, 0.2) is 5.38 Å². The number of ether oxygens (including phenoxy) is 1. The Morgan fingerprint density at radius 3 is 2.54 bits per heavy atom. The zero-order chi connectivity index (χ0) is 10.0. The molecule has 0 saturated heterocycles. The highest BCUT2D eigenvalue weighted by atomic mass is 32.1. The van der Waals surface area contributed by atoms with Gasteiger partial charge < -0.3 is 9.84 Å². The van der Waals surface area contributed by atoms with E-state index in [2.05, 4.69) is 0 Å². The van der Waals surface area contributed by atoms with Gasteiger partial charge in [-0.05, 0) is 6.92 Å². The minimum absolute atomic E-state index is 0.205. The lowest BCUT2D eigenvalue weighted by Gasteiger charge is -1.98. The van der Waals surface area contributed by atoms with E-state index in [9.17, 15) is 9.59 Å². The molecule has 0 fully saturated rings. The number of aromatic carboxylic acids is 1. The molecule has 13 heavy (non-hydrogen) atoms. The van der Waals surface area contributed by atoms with Gasteiger partial charge in [-0.3, -0.25) is 4.79 Å². The van der Waals surface area contributed by atoms with E-state index in [-0.39, 0.29) is 4.88 Å². The summed E-state index contributed by atoms with van der Waals surface area (Å²) in [5.74, 6) is -1.12. The minimum atomic E-state index is -0.999. The summed E-state index contributed by atoms with van der Waals surface area (Å²) in [6.07, 6.45) is 0. The third-order valence-electron chi connectivity index (χ3n) is 1.44. The van der Waals surface area contributed by atoms with Crippen molar-refractivity contribution in [3.63, 3.8) is 0 Å². The van der Waals surface area contributed by atoms with Crippen LogP contribution < -0.4 is 4.74 Å². The predicted octanol–water partition coefficient (Wildman–Crippen LogP) is 1.68. The quantitative estimate of drug-likeness (QED) is 0.738. The van der Waals surface area contributed by atoms with E-state index < -0.39 is 11.9 Å². The third-order valence-corrected chi connectivity index (χ3v) is 2.49. The number of carbonyl (C=O) groups is 2. The van der Waals surface area contributed by atoms with Crippen molar-refractivity contribution in [2.24, 2.45) is 0 Å². The lowest BCUT2D eigenvalue weighted by Crippen LogP contribution is -2.02. The topological polar surface area (TPSA) is 63.6 Å². The SMILES string of the molecule is CC(=O)Oc1csc(C(=O)O)c1C. The zero-order valence-electron chi connectivity index (χ0n) is 7.16. The van der Waals surface area contributed by atoms with Crippen molar-refractivity contribution in [1.82, 2.24) is 0 Å². The average molecular weight is 200 g/mol. The van der Waals surface area contributed by atoms with Crippen LogP contribution in [0.5, 0.6) is 5.75 Å². The number of hydrogen-bond acceptors (Lipinski definition) is 4. The summed E-state index contributed by atoms with van der Waals surface area (Å²) >= 11 is 1.05. The van der Waals surface area contributed by atoms with Crippen molar-refractivity contribution in [1.29, 1.82) is 0 Å². The Kier molecular flexibility index (Phi) is 2.67. The van der Waals surface area contributed by atoms with Gasteiger partial charge in [-0.15, -0.1) is 11.3 Å². The number of esters is 1. The fraction of sp³-hybridized carbons (Fsp3) is 0.250. The molecule has 1 aromatic rings. The lowest BCUT2D eigenvalue weighted by molar-refractivity contribution is -0.131. The molecule has 4 nitrogen and oxygen atoms in total. The fourth-order valence-corrected chi connectivity index (χ4v) is 1.70. The first-order valence-electron chi connectivity index (χ1n) is 3.52. The van der Waals surface area contributed by atoms with Gasteiger partial charge in [0.15, 0.2) is 0 Å². The molecule has 0 spiro atoms. The maximum Gasteiger partial charge on any atom is 0.346 e. The summed E-state index contributed by atoms with van der Waals surface area (Å²) in [6.45, 7) is 2.88. The van der Waals surface area contributed by atoms with Crippen molar-refractivity contribution in [2.75, 3.05) is 0 Å². The summed E-state index contributed by atoms with van der Waals surface area (Å²) in [4.78, 5) is 21.4. The highest BCUT2D eigenvalue weighted by Gasteiger charge is 2.15. The molecular weight excluding hydrogens is 192 g/mol. The van der Waals surface area contributed by atoms with Crippen molar-refractivity contribution < 1.29 is 19.4 Å². The van der Waals surface area contributed by atoms with Crippen LogP contribution >= 0.6 is 11.3 Å². The van der Waals surface area contributed by atoms with E-state index >= 15 is 0 Å². The van der Waals surface area contributed by atoms with E-state index in [0.29, 0.717) is 11.3 Å². The van der Waals surface area contributed by atoms with Crippen LogP contribution in [0.25, 0.3) is 0 Å². The van der Waals surface area contributed by atoms with E-state index in [4.69, 9.17) is 9.84 Å². The standard InChI is InChI=1S/C8H8O4S/c1-4-6(12-5(2)9)3-13-7(4)8(10)11/h3H,1-2H3,(H,10,11). The summed E-state index contributed by atoms with van der Waals surface area (Å²) < 4.78 is 4.78. The Morgan fingerprint density at radius 2 is 2.15 bits per heavy atom. The van der Waals surface area contributed by atoms with Gasteiger partial charge in [0.25, 0.3) is 0 Å². The molecule has 0 radical (unpaired) electrons. The molecule has 5 heteroatoms. The Balaban J connectivity index is 2.99. The fourth-order valence-electron chi connectivity index (χ4n) is 0.867. The molecule has 70 valence electrons. The molecule has 1 N–H and O–H groups in total. The van der Waals surface area contributed by atoms with Crippen molar-refractivity contribution >= 4 is 23.3 Å². The molecule has 0 bridgehead atoms. The maximum absolute atomic E-state index is 10.6. The molecule has 0 aromatic carbocycles. The van der Waals surface area contributed by atoms with Crippen LogP contribution in [0.3, 0.4) is 0 Å². The van der Waals surface area contributed by atoms with Crippen LogP contribution in [0.4, 0.5) is 0 Å². The Labute approximate surface area is 78.8 Å². The summed E-state index contributed by atoms with van der Waals surface area (Å²) in [6, 6.07) is 0. The predicted molar refractivity (Wildman–Crippen MR) is 47.3 cm³/mol. The van der Waals surface area contributed by atoms with E-state index in [1.54, 1.807) is 6.92 Å². The number of thiophene rings is 1. The van der Waals surface area contributed by atoms with Crippen molar-refractivity contribution in [2.45, 2.75) is 13.8 Å². The molecule has 1 rings (SSSR count). The van der Waals surface area contributed by atoms with Crippen LogP contribution in [-0.2, 0) is 4.79 Å². The molecule has 0 amide bonds. The minimum Gasteiger partial charge on any atom is -0.477 e. The van der Waals surface area contributed by atoms with Gasteiger partial charge in [0.2, 0.25) is 0 Å². The summed E-state index contributed by atoms with van der Waals surface area (Å²) in [5, 5.41) is 10.2. The molecule has 0 unspecified atom stereocenters. The molecule has 1 aromatic heterocycles. The van der Waals surface area contributed by atoms with Gasteiger partial charge in [-0.25, -0.2) is 4.79 Å². The Hall–Kier alpha value is -1.36. The second-order valence-corrected chi connectivity index (χ2v) is 3.33. The van der Waals surface area contributed by atoms with Gasteiger partial charge in [-0.1, -0.05) is 0 Å². The van der Waals surface area contributed by atoms with Crippen molar-refractivity contribution in [3.05, 3.63) is 15.8 Å². The number of carbonyl (C=O) groups excluding carboxylic acids is 1. The van der Waals surface area contributed by atoms with Gasteiger partial charge in [0.1, 0.15) is 10.6 Å². The lowest BCUT2D eigenvalue weighted by atomic mass is 10.3. The second kappa shape index (κ2) is 3.57. The third kappa shape index (κ3) is 2.06. The highest BCUT2D eigenvalue weighted by Crippen LogP contribution is 2.28. The Bertz CT molecular complexity index is 353. The number of hydrogen-bond donors (Lipinski definition) is 1. The molecular formula is C8H8O4S. The highest BCUT2D eigenvalue weighted by molar-refractivity contribution is 7.12.